The zero-order valence-electron chi connectivity index (χ0n) is 8.83. The van der Waals surface area contributed by atoms with Crippen molar-refractivity contribution >= 4 is 5.91 Å². The third kappa shape index (κ3) is 4.85. The number of methoxy groups -OCH3 is 1. The highest BCUT2D eigenvalue weighted by Crippen LogP contribution is 2.02. The van der Waals surface area contributed by atoms with Crippen LogP contribution in [0.2, 0.25) is 0 Å². The first-order valence-corrected chi connectivity index (χ1v) is 4.53. The number of primary amides is 1. The Balaban J connectivity index is 4.01. The number of carbonyl (C=O) groups is 1. The van der Waals surface area contributed by atoms with Crippen LogP contribution >= 0.6 is 0 Å². The van der Waals surface area contributed by atoms with Crippen LogP contribution in [0.1, 0.15) is 20.8 Å². The number of amides is 1. The molecule has 0 aliphatic heterocycles. The summed E-state index contributed by atoms with van der Waals surface area (Å²) < 4.78 is 5.03. The second-order valence-electron chi connectivity index (χ2n) is 3.60. The third-order valence-corrected chi connectivity index (χ3v) is 2.04. The number of ether oxygens (including phenoxy) is 1. The van der Waals surface area contributed by atoms with Crippen molar-refractivity contribution in [2.75, 3.05) is 13.7 Å². The van der Waals surface area contributed by atoms with E-state index in [1.807, 2.05) is 0 Å². The minimum atomic E-state index is -0.332. The van der Waals surface area contributed by atoms with Gasteiger partial charge < -0.3 is 15.8 Å². The predicted molar refractivity (Wildman–Crippen MR) is 52.3 cm³/mol. The summed E-state index contributed by atoms with van der Waals surface area (Å²) in [5.41, 5.74) is 5.14. The highest BCUT2D eigenvalue weighted by molar-refractivity contribution is 5.79. The number of nitrogens with one attached hydrogen (secondary N) is 1. The molecule has 2 unspecified atom stereocenters. The molecule has 1 amide bonds. The summed E-state index contributed by atoms with van der Waals surface area (Å²) in [7, 11) is 1.64. The zero-order chi connectivity index (χ0) is 10.4. The molecule has 0 fully saturated rings. The topological polar surface area (TPSA) is 64.3 Å². The molecule has 0 aliphatic rings. The molecule has 0 aromatic rings. The first-order valence-electron chi connectivity index (χ1n) is 4.53. The van der Waals surface area contributed by atoms with Crippen LogP contribution in [0.25, 0.3) is 0 Å². The van der Waals surface area contributed by atoms with Crippen LogP contribution in [0.15, 0.2) is 0 Å². The molecule has 0 saturated heterocycles. The smallest absolute Gasteiger partial charge is 0.234 e. The van der Waals surface area contributed by atoms with E-state index in [9.17, 15) is 4.79 Å². The maximum Gasteiger partial charge on any atom is 0.234 e. The minimum Gasteiger partial charge on any atom is -0.383 e. The van der Waals surface area contributed by atoms with E-state index in [1.165, 1.54) is 0 Å². The molecule has 0 saturated carbocycles. The maximum atomic E-state index is 10.8. The first kappa shape index (κ1) is 12.4. The van der Waals surface area contributed by atoms with Gasteiger partial charge in [0.15, 0.2) is 0 Å². The molecule has 78 valence electrons. The molecule has 0 radical (unpaired) electrons. The lowest BCUT2D eigenvalue weighted by Gasteiger charge is -2.24. The number of carbonyl (C=O) groups excluding carboxylic acids is 1. The third-order valence-electron chi connectivity index (χ3n) is 2.04. The maximum absolute atomic E-state index is 10.8. The fourth-order valence-corrected chi connectivity index (χ4v) is 1.02. The van der Waals surface area contributed by atoms with Gasteiger partial charge in [0.25, 0.3) is 0 Å². The van der Waals surface area contributed by atoms with Crippen molar-refractivity contribution in [1.29, 1.82) is 0 Å². The molecule has 0 spiro atoms. The second kappa shape index (κ2) is 5.94. The number of rotatable bonds is 6. The van der Waals surface area contributed by atoms with E-state index in [-0.39, 0.29) is 18.0 Å². The van der Waals surface area contributed by atoms with Gasteiger partial charge in [-0.3, -0.25) is 4.79 Å². The van der Waals surface area contributed by atoms with Crippen molar-refractivity contribution in [3.8, 4) is 0 Å². The van der Waals surface area contributed by atoms with Crippen LogP contribution in [0, 0.1) is 5.92 Å². The molecule has 0 rings (SSSR count). The van der Waals surface area contributed by atoms with Crippen LogP contribution in [-0.2, 0) is 9.53 Å². The molecule has 3 N–H and O–H groups in total. The molecular formula is C9H20N2O2. The molecule has 0 bridgehead atoms. The van der Waals surface area contributed by atoms with Gasteiger partial charge in [0, 0.05) is 13.2 Å². The lowest BCUT2D eigenvalue weighted by atomic mass is 10.0. The van der Waals surface area contributed by atoms with Crippen molar-refractivity contribution in [3.05, 3.63) is 0 Å². The molecule has 4 heteroatoms. The second-order valence-corrected chi connectivity index (χ2v) is 3.60. The minimum absolute atomic E-state index is 0.174. The Morgan fingerprint density at radius 1 is 1.46 bits per heavy atom. The van der Waals surface area contributed by atoms with Gasteiger partial charge >= 0.3 is 0 Å². The van der Waals surface area contributed by atoms with Gasteiger partial charge in [0.05, 0.1) is 12.6 Å². The highest BCUT2D eigenvalue weighted by Gasteiger charge is 2.17. The van der Waals surface area contributed by atoms with E-state index in [4.69, 9.17) is 10.5 Å². The van der Waals surface area contributed by atoms with Crippen LogP contribution in [-0.4, -0.2) is 31.7 Å². The number of hydrogen-bond donors (Lipinski definition) is 2. The summed E-state index contributed by atoms with van der Waals surface area (Å²) in [6, 6.07) is -0.130. The Labute approximate surface area is 79.8 Å². The van der Waals surface area contributed by atoms with Crippen LogP contribution < -0.4 is 11.1 Å². The SMILES string of the molecule is COCC(NC(C)C(N)=O)C(C)C. The van der Waals surface area contributed by atoms with Crippen molar-refractivity contribution in [2.24, 2.45) is 11.7 Å². The van der Waals surface area contributed by atoms with Crippen molar-refractivity contribution < 1.29 is 9.53 Å². The Morgan fingerprint density at radius 2 is 2.00 bits per heavy atom. The Morgan fingerprint density at radius 3 is 2.31 bits per heavy atom. The molecule has 4 nitrogen and oxygen atoms in total. The van der Waals surface area contributed by atoms with Gasteiger partial charge in [-0.15, -0.1) is 0 Å². The number of hydrogen-bond acceptors (Lipinski definition) is 3. The van der Waals surface area contributed by atoms with E-state index in [1.54, 1.807) is 14.0 Å². The lowest BCUT2D eigenvalue weighted by Crippen LogP contribution is -2.48. The van der Waals surface area contributed by atoms with Gasteiger partial charge in [-0.25, -0.2) is 0 Å². The average molecular weight is 188 g/mol. The molecule has 0 aliphatic carbocycles. The normalized spacial score (nSPS) is 15.8. The molecule has 2 atom stereocenters. The average Bonchev–Trinajstić information content (AvgIpc) is 2.03. The van der Waals surface area contributed by atoms with Crippen molar-refractivity contribution in [1.82, 2.24) is 5.32 Å². The van der Waals surface area contributed by atoms with Crippen LogP contribution in [0.4, 0.5) is 0 Å². The van der Waals surface area contributed by atoms with Gasteiger partial charge in [0.2, 0.25) is 5.91 Å². The largest absolute Gasteiger partial charge is 0.383 e. The summed E-state index contributed by atoms with van der Waals surface area (Å²) in [5, 5.41) is 3.12. The summed E-state index contributed by atoms with van der Waals surface area (Å²) in [6.45, 7) is 6.50. The van der Waals surface area contributed by atoms with Gasteiger partial charge in [-0.1, -0.05) is 13.8 Å². The van der Waals surface area contributed by atoms with E-state index in [0.717, 1.165) is 0 Å². The van der Waals surface area contributed by atoms with Gasteiger partial charge in [-0.2, -0.15) is 0 Å². The fraction of sp³-hybridized carbons (Fsp3) is 0.889. The number of nitrogens with two attached hydrogens (primary N) is 1. The van der Waals surface area contributed by atoms with Crippen LogP contribution in [0.3, 0.4) is 0 Å². The zero-order valence-corrected chi connectivity index (χ0v) is 8.83. The Kier molecular flexibility index (Phi) is 5.66. The monoisotopic (exact) mass is 188 g/mol. The summed E-state index contributed by atoms with van der Waals surface area (Å²) >= 11 is 0. The standard InChI is InChI=1S/C9H20N2O2/c1-6(2)8(5-13-4)11-7(3)9(10)12/h6-8,11H,5H2,1-4H3,(H2,10,12). The molecule has 0 heterocycles. The summed E-state index contributed by atoms with van der Waals surface area (Å²) in [5.74, 6) is 0.0866. The quantitative estimate of drug-likeness (QED) is 0.622. The van der Waals surface area contributed by atoms with E-state index >= 15 is 0 Å². The summed E-state index contributed by atoms with van der Waals surface area (Å²) in [4.78, 5) is 10.8. The van der Waals surface area contributed by atoms with E-state index in [0.29, 0.717) is 12.5 Å². The fourth-order valence-electron chi connectivity index (χ4n) is 1.02. The highest BCUT2D eigenvalue weighted by atomic mass is 16.5. The van der Waals surface area contributed by atoms with Crippen molar-refractivity contribution in [3.63, 3.8) is 0 Å². The van der Waals surface area contributed by atoms with Gasteiger partial charge in [-0.05, 0) is 12.8 Å². The predicted octanol–water partition coefficient (Wildman–Crippen LogP) is 0.121. The Hall–Kier alpha value is -0.610. The molecular weight excluding hydrogens is 168 g/mol. The van der Waals surface area contributed by atoms with Crippen LogP contribution in [0.5, 0.6) is 0 Å². The van der Waals surface area contributed by atoms with Crippen molar-refractivity contribution in [2.45, 2.75) is 32.9 Å². The molecule has 0 aromatic carbocycles. The Bertz CT molecular complexity index is 160. The van der Waals surface area contributed by atoms with Gasteiger partial charge in [0.1, 0.15) is 0 Å². The molecule has 13 heavy (non-hydrogen) atoms. The van der Waals surface area contributed by atoms with E-state index < -0.39 is 0 Å². The lowest BCUT2D eigenvalue weighted by molar-refractivity contribution is -0.120. The first-order chi connectivity index (χ1) is 5.99. The summed E-state index contributed by atoms with van der Waals surface area (Å²) in [6.07, 6.45) is 0. The molecule has 0 aromatic heterocycles. The van der Waals surface area contributed by atoms with E-state index in [2.05, 4.69) is 19.2 Å².